The lowest BCUT2D eigenvalue weighted by atomic mass is 9.75. The highest BCUT2D eigenvalue weighted by Gasteiger charge is 2.48. The molecule has 2 heterocycles. The van der Waals surface area contributed by atoms with E-state index in [4.69, 9.17) is 18.9 Å². The number of nitrogens with zero attached hydrogens (tertiary/aromatic N) is 2. The molecule has 0 amide bonds. The molecule has 2 unspecified atom stereocenters. The van der Waals surface area contributed by atoms with Gasteiger partial charge < -0.3 is 42.6 Å². The van der Waals surface area contributed by atoms with Gasteiger partial charge in [0.25, 0.3) is 0 Å². The molecule has 334 valence electrons. The zero-order valence-electron chi connectivity index (χ0n) is 34.3. The van der Waals surface area contributed by atoms with Gasteiger partial charge in [0.1, 0.15) is 26.8 Å². The Morgan fingerprint density at radius 3 is 2.00 bits per heavy atom. The standard InChI is InChI=1S/C40H56N2O15S3/c1-39(17-9-27-58(45,46)47)32-28-30(59(48,49)50)14-16-35(32)42(20-22-54-3)36(39)10-8-11-37-40(2,18-21-56-25-26-57-24-23-55-4)33-29-31(60(51,52)53)13-15-34(33)41(37)19-7-5-6-12-38(43)44/h8,10-11,13-16,28-29H,5-7,9,12,17-27H2,1-4H3,(H3-,43,44,45,46,47,48,49,50,51,52,53)/p-2. The number of ether oxygens (including phenoxy) is 4. The minimum atomic E-state index is -4.88. The molecule has 0 saturated heterocycles. The molecule has 2 aromatic carbocycles. The first-order chi connectivity index (χ1) is 28.2. The Labute approximate surface area is 352 Å². The summed E-state index contributed by atoms with van der Waals surface area (Å²) in [6.45, 7) is 6.23. The molecule has 2 atom stereocenters. The second-order valence-corrected chi connectivity index (χ2v) is 19.3. The number of carbonyl (C=O) groups is 1. The molecule has 60 heavy (non-hydrogen) atoms. The first kappa shape index (κ1) is 49.1. The fourth-order valence-electron chi connectivity index (χ4n) is 7.86. The number of allylic oxidation sites excluding steroid dienone is 4. The van der Waals surface area contributed by atoms with Crippen LogP contribution in [0, 0.1) is 0 Å². The lowest BCUT2D eigenvalue weighted by Gasteiger charge is -2.30. The van der Waals surface area contributed by atoms with Crippen LogP contribution in [0.4, 0.5) is 11.4 Å². The van der Waals surface area contributed by atoms with Crippen LogP contribution in [0.15, 0.2) is 70.1 Å². The van der Waals surface area contributed by atoms with Crippen LogP contribution in [0.1, 0.15) is 69.9 Å². The topological polar surface area (TPSA) is 252 Å². The summed E-state index contributed by atoms with van der Waals surface area (Å²) in [5.74, 6) is -1.58. The quantitative estimate of drug-likeness (QED) is 0.0802. The van der Waals surface area contributed by atoms with Crippen LogP contribution in [0.5, 0.6) is 0 Å². The van der Waals surface area contributed by atoms with E-state index >= 15 is 0 Å². The SMILES string of the molecule is COCCOCCOCCC1(C)/C(=C\C=C\C2=[N+](CCOC)c3ccc(S(=O)(=O)[O-])cc3C2(C)CCCS(=O)(=O)[O-])N(CCCCCC(=O)O)c2ccc(S(=O)(=O)[O-])cc21. The number of benzene rings is 2. The van der Waals surface area contributed by atoms with Crippen molar-refractivity contribution in [2.24, 2.45) is 0 Å². The molecule has 2 aliphatic heterocycles. The molecule has 0 aliphatic carbocycles. The van der Waals surface area contributed by atoms with Crippen molar-refractivity contribution in [2.45, 2.75) is 79.4 Å². The summed E-state index contributed by atoms with van der Waals surface area (Å²) in [4.78, 5) is 12.4. The van der Waals surface area contributed by atoms with E-state index < -0.39 is 62.7 Å². The van der Waals surface area contributed by atoms with Crippen molar-refractivity contribution in [1.29, 1.82) is 0 Å². The zero-order chi connectivity index (χ0) is 44.4. The largest absolute Gasteiger partial charge is 0.748 e. The molecule has 20 heteroatoms. The summed E-state index contributed by atoms with van der Waals surface area (Å²) < 4.78 is 132. The number of hydrogen-bond acceptors (Lipinski definition) is 15. The second kappa shape index (κ2) is 21.0. The molecule has 0 radical (unpaired) electrons. The molecule has 2 aliphatic rings. The van der Waals surface area contributed by atoms with Crippen LogP contribution in [-0.2, 0) is 64.9 Å². The highest BCUT2D eigenvalue weighted by molar-refractivity contribution is 7.86. The molecule has 2 aromatic rings. The van der Waals surface area contributed by atoms with Gasteiger partial charge in [-0.2, -0.15) is 4.58 Å². The van der Waals surface area contributed by atoms with Gasteiger partial charge in [0, 0.05) is 74.1 Å². The Kier molecular flexibility index (Phi) is 17.2. The predicted octanol–water partition coefficient (Wildman–Crippen LogP) is 3.76. The number of carboxylic acids is 1. The number of unbranched alkanes of at least 4 members (excludes halogenated alkanes) is 2. The van der Waals surface area contributed by atoms with Crippen molar-refractivity contribution < 1.29 is 72.3 Å². The number of fused-ring (bicyclic) bond motifs is 2. The normalized spacial score (nSPS) is 20.1. The summed E-state index contributed by atoms with van der Waals surface area (Å²) in [7, 11) is -11.2. The van der Waals surface area contributed by atoms with E-state index in [1.807, 2.05) is 22.5 Å². The van der Waals surface area contributed by atoms with Crippen LogP contribution in [0.3, 0.4) is 0 Å². The Hall–Kier alpha value is -3.57. The number of methoxy groups -OCH3 is 2. The van der Waals surface area contributed by atoms with Crippen molar-refractivity contribution in [2.75, 3.05) is 77.6 Å². The van der Waals surface area contributed by atoms with Gasteiger partial charge in [-0.05, 0) is 87.9 Å². The first-order valence-electron chi connectivity index (χ1n) is 19.5. The molecule has 0 aromatic heterocycles. The van der Waals surface area contributed by atoms with Crippen LogP contribution in [0.25, 0.3) is 0 Å². The van der Waals surface area contributed by atoms with Crippen molar-refractivity contribution in [3.8, 4) is 0 Å². The van der Waals surface area contributed by atoms with E-state index in [9.17, 15) is 48.8 Å². The van der Waals surface area contributed by atoms with Crippen molar-refractivity contribution >= 4 is 53.4 Å². The second-order valence-electron chi connectivity index (χ2n) is 15.1. The third-order valence-electron chi connectivity index (χ3n) is 10.9. The molecule has 0 fully saturated rings. The fourth-order valence-corrected chi connectivity index (χ4v) is 9.35. The average Bonchev–Trinajstić information content (AvgIpc) is 3.53. The lowest BCUT2D eigenvalue weighted by Crippen LogP contribution is -2.33. The van der Waals surface area contributed by atoms with Gasteiger partial charge >= 0.3 is 5.97 Å². The summed E-state index contributed by atoms with van der Waals surface area (Å²) >= 11 is 0. The number of rotatable bonds is 26. The van der Waals surface area contributed by atoms with E-state index in [-0.39, 0.29) is 45.6 Å². The van der Waals surface area contributed by atoms with E-state index in [0.29, 0.717) is 86.0 Å². The van der Waals surface area contributed by atoms with E-state index in [1.165, 1.54) is 37.4 Å². The monoisotopic (exact) mass is 898 g/mol. The third-order valence-corrected chi connectivity index (χ3v) is 13.4. The Morgan fingerprint density at radius 2 is 1.38 bits per heavy atom. The van der Waals surface area contributed by atoms with Gasteiger partial charge in [-0.15, -0.1) is 0 Å². The number of hydrogen-bond donors (Lipinski definition) is 1. The molecule has 4 rings (SSSR count). The Bertz CT molecular complexity index is 2270. The van der Waals surface area contributed by atoms with Crippen LogP contribution >= 0.6 is 0 Å². The molecule has 1 N–H and O–H groups in total. The van der Waals surface area contributed by atoms with E-state index in [0.717, 1.165) is 0 Å². The Balaban J connectivity index is 1.85. The minimum Gasteiger partial charge on any atom is -0.748 e. The molecular weight excluding hydrogens is 845 g/mol. The number of anilines is 1. The number of aliphatic carboxylic acids is 1. The average molecular weight is 899 g/mol. The first-order valence-corrected chi connectivity index (χ1v) is 23.9. The molecule has 0 spiro atoms. The minimum absolute atomic E-state index is 0.000690. The Morgan fingerprint density at radius 1 is 0.767 bits per heavy atom. The highest BCUT2D eigenvalue weighted by atomic mass is 32.2. The summed E-state index contributed by atoms with van der Waals surface area (Å²) in [5, 5.41) is 9.19. The lowest BCUT2D eigenvalue weighted by molar-refractivity contribution is -0.441. The summed E-state index contributed by atoms with van der Waals surface area (Å²) in [5.41, 5.74) is 1.53. The molecule has 0 bridgehead atoms. The van der Waals surface area contributed by atoms with Gasteiger partial charge in [0.2, 0.25) is 5.69 Å². The fraction of sp³-hybridized carbons (Fsp3) is 0.550. The van der Waals surface area contributed by atoms with Crippen LogP contribution in [-0.4, -0.2) is 133 Å². The van der Waals surface area contributed by atoms with Crippen molar-refractivity contribution in [3.63, 3.8) is 0 Å². The third kappa shape index (κ3) is 12.5. The van der Waals surface area contributed by atoms with Gasteiger partial charge in [0.15, 0.2) is 12.3 Å². The summed E-state index contributed by atoms with van der Waals surface area (Å²) in [6.07, 6.45) is 7.35. The van der Waals surface area contributed by atoms with Gasteiger partial charge in [-0.25, -0.2) is 25.3 Å². The van der Waals surface area contributed by atoms with Crippen molar-refractivity contribution in [3.05, 3.63) is 71.5 Å². The van der Waals surface area contributed by atoms with Gasteiger partial charge in [-0.1, -0.05) is 12.5 Å². The predicted molar refractivity (Wildman–Crippen MR) is 218 cm³/mol. The van der Waals surface area contributed by atoms with E-state index in [1.54, 1.807) is 32.3 Å². The van der Waals surface area contributed by atoms with Gasteiger partial charge in [0.05, 0.1) is 51.8 Å². The summed E-state index contributed by atoms with van der Waals surface area (Å²) in [6, 6.07) is 8.22. The number of carboxylic acid groups (broad SMARTS) is 1. The van der Waals surface area contributed by atoms with E-state index in [2.05, 4.69) is 0 Å². The highest BCUT2D eigenvalue weighted by Crippen LogP contribution is 2.51. The molecular formula is C40H54N2O15S3-2. The molecule has 17 nitrogen and oxygen atoms in total. The maximum Gasteiger partial charge on any atom is 0.303 e. The van der Waals surface area contributed by atoms with Crippen molar-refractivity contribution in [1.82, 2.24) is 0 Å². The molecule has 0 saturated carbocycles. The maximum atomic E-state index is 12.3. The van der Waals surface area contributed by atoms with Gasteiger partial charge in [-0.3, -0.25) is 4.79 Å². The maximum absolute atomic E-state index is 12.3. The van der Waals surface area contributed by atoms with Crippen LogP contribution in [0.2, 0.25) is 0 Å². The zero-order valence-corrected chi connectivity index (χ0v) is 36.7. The van der Waals surface area contributed by atoms with Crippen LogP contribution < -0.4 is 4.90 Å². The smallest absolute Gasteiger partial charge is 0.303 e.